The molecule has 0 fully saturated rings. The third kappa shape index (κ3) is 15.6. The maximum atomic E-state index is 15.2. The lowest BCUT2D eigenvalue weighted by Crippen LogP contribution is -2.53. The lowest BCUT2D eigenvalue weighted by Gasteiger charge is -2.29. The van der Waals surface area contributed by atoms with Crippen molar-refractivity contribution in [3.8, 4) is 5.75 Å². The van der Waals surface area contributed by atoms with Crippen molar-refractivity contribution in [1.29, 1.82) is 0 Å². The lowest BCUT2D eigenvalue weighted by atomic mass is 9.99. The van der Waals surface area contributed by atoms with Gasteiger partial charge >= 0.3 is 18.4 Å². The van der Waals surface area contributed by atoms with Gasteiger partial charge in [-0.25, -0.2) is 14.0 Å². The van der Waals surface area contributed by atoms with Crippen molar-refractivity contribution in [2.75, 3.05) is 0 Å². The summed E-state index contributed by atoms with van der Waals surface area (Å²) in [6, 6.07) is 7.84. The molecule has 2 aromatic carbocycles. The first-order valence-corrected chi connectivity index (χ1v) is 14.5. The smallest absolute Gasteiger partial charge is 0.458 e. The van der Waals surface area contributed by atoms with Crippen LogP contribution in [0.15, 0.2) is 48.5 Å². The molecule has 0 aliphatic carbocycles. The zero-order valence-corrected chi connectivity index (χ0v) is 27.5. The fourth-order valence-electron chi connectivity index (χ4n) is 3.56. The molecule has 3 unspecified atom stereocenters. The molecule has 0 saturated heterocycles. The molecule has 0 aliphatic heterocycles. The van der Waals surface area contributed by atoms with Gasteiger partial charge in [-0.2, -0.15) is 0 Å². The van der Waals surface area contributed by atoms with Gasteiger partial charge in [-0.15, -0.1) is 13.2 Å². The van der Waals surface area contributed by atoms with E-state index in [2.05, 4.69) is 15.4 Å². The fraction of sp³-hybridized carbons (Fsp3) is 0.531. The van der Waals surface area contributed by atoms with E-state index in [9.17, 15) is 32.7 Å². The van der Waals surface area contributed by atoms with Crippen LogP contribution in [0.5, 0.6) is 5.75 Å². The largest absolute Gasteiger partial charge is 0.573 e. The molecule has 0 saturated carbocycles. The Hall–Kier alpha value is -3.87. The van der Waals surface area contributed by atoms with Crippen molar-refractivity contribution in [3.05, 3.63) is 65.5 Å². The minimum Gasteiger partial charge on any atom is -0.458 e. The van der Waals surface area contributed by atoms with Crippen LogP contribution in [0.2, 0.25) is 0 Å². The normalized spacial score (nSPS) is 13.3. The van der Waals surface area contributed by atoms with Gasteiger partial charge in [-0.1, -0.05) is 70.2 Å². The molecule has 254 valence electrons. The van der Waals surface area contributed by atoms with Crippen LogP contribution >= 0.6 is 0 Å². The van der Waals surface area contributed by atoms with Crippen molar-refractivity contribution in [2.24, 2.45) is 0 Å². The van der Waals surface area contributed by atoms with Gasteiger partial charge in [0, 0.05) is 5.56 Å². The average Bonchev–Trinajstić information content (AvgIpc) is 2.92. The first kappa shape index (κ1) is 41.1. The molecule has 9 nitrogen and oxygen atoms in total. The number of aliphatic hydroxyl groups excluding tert-OH is 1. The van der Waals surface area contributed by atoms with Crippen LogP contribution in [0.3, 0.4) is 0 Å². The number of halogens is 4. The molecule has 2 rings (SSSR count). The predicted molar refractivity (Wildman–Crippen MR) is 162 cm³/mol. The molecule has 3 N–H and O–H groups in total. The predicted octanol–water partition coefficient (Wildman–Crippen LogP) is 6.77. The number of esters is 1. The van der Waals surface area contributed by atoms with Gasteiger partial charge < -0.3 is 30.0 Å². The van der Waals surface area contributed by atoms with E-state index in [0.717, 1.165) is 12.1 Å². The highest BCUT2D eigenvalue weighted by Gasteiger charge is 2.38. The summed E-state index contributed by atoms with van der Waals surface area (Å²) in [7, 11) is 0. The highest BCUT2D eigenvalue weighted by molar-refractivity contribution is 5.88. The standard InChI is InChI=1S/C28H34F4N2O7.2C2H6/c1-26(2,3)40-24(37)21(17-13-10-14-19(20(17)29)39-28(30,31)32)34-23(36)22(35)18(15-16-11-8-7-9-12-16)33-25(38)41-27(4,5)6;2*1-2/h7-14,18,21-22,35H,15H2,1-6H3,(H,33,38)(H,34,36);2*1-2H3. The number of aliphatic hydroxyl groups is 1. The maximum Gasteiger partial charge on any atom is 0.573 e. The Morgan fingerprint density at radius 2 is 1.33 bits per heavy atom. The van der Waals surface area contributed by atoms with E-state index in [1.807, 2.05) is 27.7 Å². The topological polar surface area (TPSA) is 123 Å². The van der Waals surface area contributed by atoms with Crippen molar-refractivity contribution >= 4 is 18.0 Å². The van der Waals surface area contributed by atoms with Crippen LogP contribution in [0.1, 0.15) is 86.4 Å². The Bertz CT molecular complexity index is 1210. The quantitative estimate of drug-likeness (QED) is 0.203. The zero-order chi connectivity index (χ0) is 35.2. The number of alkyl halides is 3. The van der Waals surface area contributed by atoms with Crippen molar-refractivity contribution in [3.63, 3.8) is 0 Å². The highest BCUT2D eigenvalue weighted by Crippen LogP contribution is 2.31. The van der Waals surface area contributed by atoms with E-state index in [1.54, 1.807) is 51.1 Å². The second-order valence-electron chi connectivity index (χ2n) is 11.1. The first-order chi connectivity index (χ1) is 20.8. The minimum atomic E-state index is -5.24. The number of hydrogen-bond donors (Lipinski definition) is 3. The Kier molecular flexibility index (Phi) is 16.6. The molecule has 0 spiro atoms. The molecule has 2 amide bonds. The second-order valence-corrected chi connectivity index (χ2v) is 11.1. The van der Waals surface area contributed by atoms with Crippen molar-refractivity contribution in [1.82, 2.24) is 10.6 Å². The van der Waals surface area contributed by atoms with Gasteiger partial charge in [0.2, 0.25) is 0 Å². The van der Waals surface area contributed by atoms with Crippen molar-refractivity contribution in [2.45, 2.75) is 111 Å². The zero-order valence-electron chi connectivity index (χ0n) is 27.5. The Morgan fingerprint density at radius 3 is 1.82 bits per heavy atom. The Balaban J connectivity index is 0.00000464. The molecule has 0 radical (unpaired) electrons. The molecule has 13 heteroatoms. The summed E-state index contributed by atoms with van der Waals surface area (Å²) in [6.07, 6.45) is -8.27. The number of ether oxygens (including phenoxy) is 3. The average molecular weight is 647 g/mol. The summed E-state index contributed by atoms with van der Waals surface area (Å²) >= 11 is 0. The number of benzene rings is 2. The van der Waals surface area contributed by atoms with Crippen LogP contribution < -0.4 is 15.4 Å². The molecular weight excluding hydrogens is 600 g/mol. The number of hydrogen-bond acceptors (Lipinski definition) is 7. The highest BCUT2D eigenvalue weighted by atomic mass is 19.4. The van der Waals surface area contributed by atoms with Gasteiger partial charge in [-0.3, -0.25) is 4.79 Å². The fourth-order valence-corrected chi connectivity index (χ4v) is 3.56. The van der Waals surface area contributed by atoms with Gasteiger partial charge in [0.15, 0.2) is 23.7 Å². The minimum absolute atomic E-state index is 0.0605. The number of carbonyl (C=O) groups is 3. The summed E-state index contributed by atoms with van der Waals surface area (Å²) in [5.41, 5.74) is -2.13. The summed E-state index contributed by atoms with van der Waals surface area (Å²) in [6.45, 7) is 17.3. The van der Waals surface area contributed by atoms with Gasteiger partial charge in [0.25, 0.3) is 5.91 Å². The van der Waals surface area contributed by atoms with Crippen LogP contribution in [0.25, 0.3) is 0 Å². The first-order valence-electron chi connectivity index (χ1n) is 14.5. The number of alkyl carbamates (subject to hydrolysis) is 1. The number of amides is 2. The van der Waals surface area contributed by atoms with Crippen LogP contribution in [-0.4, -0.2) is 52.8 Å². The van der Waals surface area contributed by atoms with E-state index < -0.39 is 70.9 Å². The molecule has 3 atom stereocenters. The van der Waals surface area contributed by atoms with Gasteiger partial charge in [0.1, 0.15) is 11.2 Å². The second kappa shape index (κ2) is 18.2. The molecule has 0 bridgehead atoms. The van der Waals surface area contributed by atoms with E-state index in [0.29, 0.717) is 11.6 Å². The van der Waals surface area contributed by atoms with Gasteiger partial charge in [-0.05, 0) is 59.6 Å². The third-order valence-electron chi connectivity index (χ3n) is 5.11. The molecular formula is C32H46F4N2O7. The van der Waals surface area contributed by atoms with Crippen LogP contribution in [0.4, 0.5) is 22.4 Å². The molecule has 0 aliphatic rings. The van der Waals surface area contributed by atoms with E-state index in [4.69, 9.17) is 9.47 Å². The third-order valence-corrected chi connectivity index (χ3v) is 5.11. The molecule has 2 aromatic rings. The summed E-state index contributed by atoms with van der Waals surface area (Å²) in [4.78, 5) is 38.7. The summed E-state index contributed by atoms with van der Waals surface area (Å²) in [5, 5.41) is 15.5. The SMILES string of the molecule is CC.CC.CC(C)(C)OC(=O)NC(Cc1ccccc1)C(O)C(=O)NC(C(=O)OC(C)(C)C)c1cccc(OC(F)(F)F)c1F. The van der Waals surface area contributed by atoms with Crippen molar-refractivity contribution < 1.29 is 51.3 Å². The Labute approximate surface area is 262 Å². The van der Waals surface area contributed by atoms with E-state index >= 15 is 4.39 Å². The van der Waals surface area contributed by atoms with Gasteiger partial charge in [0.05, 0.1) is 6.04 Å². The maximum absolute atomic E-state index is 15.2. The van der Waals surface area contributed by atoms with E-state index in [-0.39, 0.29) is 6.42 Å². The van der Waals surface area contributed by atoms with Crippen LogP contribution in [0, 0.1) is 5.82 Å². The summed E-state index contributed by atoms with van der Waals surface area (Å²) in [5.74, 6) is -5.30. The van der Waals surface area contributed by atoms with E-state index in [1.165, 1.54) is 20.8 Å². The summed E-state index contributed by atoms with van der Waals surface area (Å²) < 4.78 is 67.7. The van der Waals surface area contributed by atoms with Crippen LogP contribution in [-0.2, 0) is 25.5 Å². The lowest BCUT2D eigenvalue weighted by molar-refractivity contribution is -0.275. The monoisotopic (exact) mass is 646 g/mol. The Morgan fingerprint density at radius 1 is 0.800 bits per heavy atom. The molecule has 45 heavy (non-hydrogen) atoms. The number of carbonyl (C=O) groups excluding carboxylic acids is 3. The molecule has 0 aromatic heterocycles. The number of nitrogens with one attached hydrogen (secondary N) is 2. The number of rotatable bonds is 9. The molecule has 0 heterocycles.